The average Bonchev–Trinajstić information content (AvgIpc) is 3.30. The number of hydrogen-bond donors (Lipinski definition) is 2. The van der Waals surface area contributed by atoms with Crippen LogP contribution in [0.4, 0.5) is 23.0 Å². The topological polar surface area (TPSA) is 105 Å². The Morgan fingerprint density at radius 1 is 0.938 bits per heavy atom. The van der Waals surface area contributed by atoms with Gasteiger partial charge >= 0.3 is 0 Å². The smallest absolute Gasteiger partial charge is 0.261 e. The number of hydrogen-bond acceptors (Lipinski definition) is 7. The Balaban J connectivity index is 1.46. The molecule has 4 aromatic rings. The van der Waals surface area contributed by atoms with Crippen LogP contribution in [0.5, 0.6) is 0 Å². The summed E-state index contributed by atoms with van der Waals surface area (Å²) in [5.74, 6) is 2.11. The fourth-order valence-electron chi connectivity index (χ4n) is 3.03. The molecule has 0 aliphatic carbocycles. The zero-order valence-electron chi connectivity index (χ0n) is 17.9. The lowest BCUT2D eigenvalue weighted by molar-refractivity contribution is 0.601. The number of benzene rings is 2. The van der Waals surface area contributed by atoms with E-state index in [0.717, 1.165) is 17.2 Å². The molecule has 0 spiro atoms. The molecule has 2 N–H and O–H groups in total. The lowest BCUT2D eigenvalue weighted by Gasteiger charge is -2.14. The lowest BCUT2D eigenvalue weighted by Crippen LogP contribution is -2.13. The van der Waals surface area contributed by atoms with Gasteiger partial charge in [0, 0.05) is 43.9 Å². The number of sulfonamides is 1. The van der Waals surface area contributed by atoms with E-state index in [9.17, 15) is 8.42 Å². The summed E-state index contributed by atoms with van der Waals surface area (Å²) in [6.07, 6.45) is 3.46. The first kappa shape index (κ1) is 21.3. The van der Waals surface area contributed by atoms with E-state index in [2.05, 4.69) is 25.1 Å². The van der Waals surface area contributed by atoms with Crippen LogP contribution in [0.2, 0.25) is 0 Å². The van der Waals surface area contributed by atoms with Crippen LogP contribution < -0.4 is 14.9 Å². The minimum absolute atomic E-state index is 0.170. The van der Waals surface area contributed by atoms with Gasteiger partial charge in [-0.2, -0.15) is 5.10 Å². The number of aryl methyl sites for hydroxylation is 1. The first-order chi connectivity index (χ1) is 15.3. The van der Waals surface area contributed by atoms with Gasteiger partial charge in [-0.25, -0.2) is 23.1 Å². The Bertz CT molecular complexity index is 1300. The van der Waals surface area contributed by atoms with Crippen molar-refractivity contribution in [3.63, 3.8) is 0 Å². The zero-order chi connectivity index (χ0) is 22.7. The Morgan fingerprint density at radius 2 is 1.62 bits per heavy atom. The minimum atomic E-state index is -3.72. The zero-order valence-corrected chi connectivity index (χ0v) is 18.7. The lowest BCUT2D eigenvalue weighted by atomic mass is 10.3. The van der Waals surface area contributed by atoms with Crippen molar-refractivity contribution in [3.05, 3.63) is 78.9 Å². The van der Waals surface area contributed by atoms with Crippen LogP contribution in [0.1, 0.15) is 5.82 Å². The maximum absolute atomic E-state index is 12.7. The van der Waals surface area contributed by atoms with Crippen molar-refractivity contribution in [1.29, 1.82) is 0 Å². The number of rotatable bonds is 7. The van der Waals surface area contributed by atoms with Gasteiger partial charge in [0.2, 0.25) is 0 Å². The van der Waals surface area contributed by atoms with Gasteiger partial charge in [0.15, 0.2) is 0 Å². The largest absolute Gasteiger partial charge is 0.363 e. The van der Waals surface area contributed by atoms with E-state index >= 15 is 0 Å². The van der Waals surface area contributed by atoms with Gasteiger partial charge in [-0.05, 0) is 61.5 Å². The minimum Gasteiger partial charge on any atom is -0.363 e. The van der Waals surface area contributed by atoms with Crippen LogP contribution in [0, 0.1) is 6.92 Å². The van der Waals surface area contributed by atoms with E-state index in [0.29, 0.717) is 17.3 Å². The van der Waals surface area contributed by atoms with Gasteiger partial charge in [-0.15, -0.1) is 0 Å². The second kappa shape index (κ2) is 8.67. The summed E-state index contributed by atoms with van der Waals surface area (Å²) in [6, 6.07) is 17.1. The van der Waals surface area contributed by atoms with Gasteiger partial charge < -0.3 is 10.2 Å². The molecule has 0 bridgehead atoms. The molecule has 9 nitrogen and oxygen atoms in total. The molecule has 0 amide bonds. The molecule has 164 valence electrons. The predicted molar refractivity (Wildman–Crippen MR) is 125 cm³/mol. The molecule has 0 radical (unpaired) electrons. The monoisotopic (exact) mass is 449 g/mol. The Morgan fingerprint density at radius 3 is 2.25 bits per heavy atom. The number of aromatic nitrogens is 4. The molecular formula is C22H23N7O2S. The fourth-order valence-corrected chi connectivity index (χ4v) is 4.09. The standard InChI is InChI=1S/C22H23N7O2S/c1-16-24-21(15-22(25-16)28(2)3)26-17-5-7-18(8-6-17)27-32(30,31)20-11-9-19(10-12-20)29-14-4-13-23-29/h4-15,27H,1-3H3,(H,24,25,26). The number of anilines is 4. The van der Waals surface area contributed by atoms with E-state index in [1.807, 2.05) is 32.0 Å². The Hall–Kier alpha value is -3.92. The van der Waals surface area contributed by atoms with E-state index < -0.39 is 10.0 Å². The summed E-state index contributed by atoms with van der Waals surface area (Å²) in [6.45, 7) is 1.83. The average molecular weight is 450 g/mol. The van der Waals surface area contributed by atoms with Crippen LogP contribution >= 0.6 is 0 Å². The quantitative estimate of drug-likeness (QED) is 0.444. The van der Waals surface area contributed by atoms with Crippen molar-refractivity contribution >= 4 is 33.0 Å². The maximum Gasteiger partial charge on any atom is 0.261 e. The van der Waals surface area contributed by atoms with Crippen molar-refractivity contribution < 1.29 is 8.42 Å². The first-order valence-corrected chi connectivity index (χ1v) is 11.3. The molecule has 0 fully saturated rings. The molecule has 0 saturated carbocycles. The molecule has 0 atom stereocenters. The van der Waals surface area contributed by atoms with Crippen LogP contribution in [0.25, 0.3) is 5.69 Å². The SMILES string of the molecule is Cc1nc(Nc2ccc(NS(=O)(=O)c3ccc(-n4cccn4)cc3)cc2)cc(N(C)C)n1. The summed E-state index contributed by atoms with van der Waals surface area (Å²) >= 11 is 0. The molecular weight excluding hydrogens is 426 g/mol. The normalized spacial score (nSPS) is 11.2. The molecule has 10 heteroatoms. The van der Waals surface area contributed by atoms with Crippen molar-refractivity contribution in [1.82, 2.24) is 19.7 Å². The highest BCUT2D eigenvalue weighted by Gasteiger charge is 2.14. The summed E-state index contributed by atoms with van der Waals surface area (Å²) in [7, 11) is 0.111. The highest BCUT2D eigenvalue weighted by atomic mass is 32.2. The van der Waals surface area contributed by atoms with Gasteiger partial charge in [-0.1, -0.05) is 0 Å². The van der Waals surface area contributed by atoms with Crippen molar-refractivity contribution in [2.45, 2.75) is 11.8 Å². The van der Waals surface area contributed by atoms with E-state index in [-0.39, 0.29) is 4.90 Å². The van der Waals surface area contributed by atoms with Gasteiger partial charge in [0.05, 0.1) is 10.6 Å². The number of nitrogens with zero attached hydrogens (tertiary/aromatic N) is 5. The van der Waals surface area contributed by atoms with E-state index in [4.69, 9.17) is 0 Å². The van der Waals surface area contributed by atoms with Crippen molar-refractivity contribution in [2.24, 2.45) is 0 Å². The maximum atomic E-state index is 12.7. The van der Waals surface area contributed by atoms with Gasteiger partial charge in [0.1, 0.15) is 17.5 Å². The van der Waals surface area contributed by atoms with Crippen molar-refractivity contribution in [3.8, 4) is 5.69 Å². The van der Waals surface area contributed by atoms with Crippen LogP contribution in [-0.2, 0) is 10.0 Å². The van der Waals surface area contributed by atoms with Crippen LogP contribution in [0.15, 0.2) is 78.0 Å². The van der Waals surface area contributed by atoms with Gasteiger partial charge in [-0.3, -0.25) is 4.72 Å². The highest BCUT2D eigenvalue weighted by molar-refractivity contribution is 7.92. The molecule has 2 aromatic heterocycles. The predicted octanol–water partition coefficient (Wildman–Crippen LogP) is 3.58. The fraction of sp³-hybridized carbons (Fsp3) is 0.136. The third-order valence-electron chi connectivity index (χ3n) is 4.61. The van der Waals surface area contributed by atoms with E-state index in [1.165, 1.54) is 0 Å². The second-order valence-electron chi connectivity index (χ2n) is 7.31. The van der Waals surface area contributed by atoms with Crippen molar-refractivity contribution in [2.75, 3.05) is 29.0 Å². The summed E-state index contributed by atoms with van der Waals surface area (Å²) in [4.78, 5) is 10.8. The molecule has 4 rings (SSSR count). The summed E-state index contributed by atoms with van der Waals surface area (Å²) < 4.78 is 29.8. The molecule has 32 heavy (non-hydrogen) atoms. The van der Waals surface area contributed by atoms with Crippen LogP contribution in [-0.4, -0.2) is 42.3 Å². The third-order valence-corrected chi connectivity index (χ3v) is 6.01. The van der Waals surface area contributed by atoms with Gasteiger partial charge in [0.25, 0.3) is 10.0 Å². The number of nitrogens with one attached hydrogen (secondary N) is 2. The van der Waals surface area contributed by atoms with Crippen LogP contribution in [0.3, 0.4) is 0 Å². The summed E-state index contributed by atoms with van der Waals surface area (Å²) in [5.41, 5.74) is 2.01. The first-order valence-electron chi connectivity index (χ1n) is 9.83. The molecule has 0 aliphatic heterocycles. The highest BCUT2D eigenvalue weighted by Crippen LogP contribution is 2.22. The molecule has 0 unspecified atom stereocenters. The Labute approximate surface area is 186 Å². The third kappa shape index (κ3) is 4.86. The Kier molecular flexibility index (Phi) is 5.78. The molecule has 2 aromatic carbocycles. The van der Waals surface area contributed by atoms with E-state index in [1.54, 1.807) is 71.7 Å². The second-order valence-corrected chi connectivity index (χ2v) is 8.99. The summed E-state index contributed by atoms with van der Waals surface area (Å²) in [5, 5.41) is 7.36. The molecule has 2 heterocycles. The molecule has 0 aliphatic rings. The molecule has 0 saturated heterocycles.